The first-order chi connectivity index (χ1) is 8.61. The van der Waals surface area contributed by atoms with Gasteiger partial charge in [-0.05, 0) is 48.9 Å². The number of benzene rings is 1. The molecule has 4 nitrogen and oxygen atoms in total. The number of rotatable bonds is 2. The highest BCUT2D eigenvalue weighted by Gasteiger charge is 2.21. The molecular weight excluding hydrogens is 228 g/mol. The van der Waals surface area contributed by atoms with Gasteiger partial charge < -0.3 is 11.5 Å². The molecule has 0 bridgehead atoms. The Bertz CT molecular complexity index is 424. The Hall–Kier alpha value is -1.84. The van der Waals surface area contributed by atoms with Crippen molar-refractivity contribution < 1.29 is 9.59 Å². The molecule has 0 spiro atoms. The number of nitrogens with two attached hydrogens (primary N) is 2. The number of fused-ring (bicyclic) bond motifs is 1. The number of carbonyl (C=O) groups is 2. The fourth-order valence-corrected chi connectivity index (χ4v) is 2.33. The molecule has 0 saturated heterocycles. The smallest absolute Gasteiger partial charge is 0.248 e. The SMILES string of the molecule is CC.NC(=O)c1ccc(C(N)=O)c2c1CCCC2. The largest absolute Gasteiger partial charge is 0.366 e. The predicted molar refractivity (Wildman–Crippen MR) is 71.5 cm³/mol. The number of hydrogen-bond acceptors (Lipinski definition) is 2. The molecular formula is C14H20N2O2. The maximum absolute atomic E-state index is 11.3. The lowest BCUT2D eigenvalue weighted by molar-refractivity contribution is 0.0986. The van der Waals surface area contributed by atoms with Gasteiger partial charge in [-0.3, -0.25) is 9.59 Å². The van der Waals surface area contributed by atoms with Gasteiger partial charge in [0.25, 0.3) is 0 Å². The van der Waals surface area contributed by atoms with Crippen LogP contribution in [0.15, 0.2) is 12.1 Å². The third kappa shape index (κ3) is 2.70. The third-order valence-corrected chi connectivity index (χ3v) is 3.07. The zero-order valence-electron chi connectivity index (χ0n) is 11.0. The first-order valence-electron chi connectivity index (χ1n) is 6.35. The Morgan fingerprint density at radius 3 is 1.50 bits per heavy atom. The van der Waals surface area contributed by atoms with Gasteiger partial charge in [0.15, 0.2) is 0 Å². The van der Waals surface area contributed by atoms with Crippen molar-refractivity contribution in [3.05, 3.63) is 34.4 Å². The van der Waals surface area contributed by atoms with Crippen molar-refractivity contribution in [2.24, 2.45) is 11.5 Å². The molecule has 4 N–H and O–H groups in total. The Morgan fingerprint density at radius 1 is 0.889 bits per heavy atom. The first kappa shape index (κ1) is 14.2. The van der Waals surface area contributed by atoms with E-state index in [0.717, 1.165) is 36.8 Å². The van der Waals surface area contributed by atoms with Gasteiger partial charge in [0.1, 0.15) is 0 Å². The van der Waals surface area contributed by atoms with Gasteiger partial charge in [0.05, 0.1) is 0 Å². The summed E-state index contributed by atoms with van der Waals surface area (Å²) in [6, 6.07) is 3.21. The van der Waals surface area contributed by atoms with E-state index >= 15 is 0 Å². The van der Waals surface area contributed by atoms with Crippen LogP contribution < -0.4 is 11.5 Å². The maximum atomic E-state index is 11.3. The van der Waals surface area contributed by atoms with E-state index in [1.165, 1.54) is 0 Å². The van der Waals surface area contributed by atoms with Crippen molar-refractivity contribution in [3.8, 4) is 0 Å². The molecule has 0 aromatic heterocycles. The van der Waals surface area contributed by atoms with E-state index in [4.69, 9.17) is 11.5 Å². The van der Waals surface area contributed by atoms with E-state index in [0.29, 0.717) is 11.1 Å². The van der Waals surface area contributed by atoms with Crippen LogP contribution in [-0.4, -0.2) is 11.8 Å². The standard InChI is InChI=1S/C12H14N2O2.C2H6/c13-11(15)9-5-6-10(12(14)16)8-4-2-1-3-7(8)9;1-2/h5-6H,1-4H2,(H2,13,15)(H2,14,16);1-2H3. The minimum absolute atomic E-state index is 0.436. The van der Waals surface area contributed by atoms with E-state index < -0.39 is 11.8 Å². The van der Waals surface area contributed by atoms with E-state index in [9.17, 15) is 9.59 Å². The van der Waals surface area contributed by atoms with Gasteiger partial charge >= 0.3 is 0 Å². The summed E-state index contributed by atoms with van der Waals surface area (Å²) in [4.78, 5) is 22.5. The highest BCUT2D eigenvalue weighted by molar-refractivity contribution is 5.99. The van der Waals surface area contributed by atoms with Crippen molar-refractivity contribution in [1.29, 1.82) is 0 Å². The Balaban J connectivity index is 0.000000771. The van der Waals surface area contributed by atoms with Crippen molar-refractivity contribution in [3.63, 3.8) is 0 Å². The van der Waals surface area contributed by atoms with Gasteiger partial charge in [-0.25, -0.2) is 0 Å². The number of amides is 2. The van der Waals surface area contributed by atoms with Crippen LogP contribution in [0.5, 0.6) is 0 Å². The molecule has 0 heterocycles. The summed E-state index contributed by atoms with van der Waals surface area (Å²) in [6.07, 6.45) is 3.65. The van der Waals surface area contributed by atoms with Crippen LogP contribution in [0.3, 0.4) is 0 Å². The summed E-state index contributed by atoms with van der Waals surface area (Å²) in [5.74, 6) is -0.872. The molecule has 1 aromatic rings. The Kier molecular flexibility index (Phi) is 4.89. The normalized spacial score (nSPS) is 13.0. The predicted octanol–water partition coefficient (Wildman–Crippen LogP) is 1.79. The summed E-state index contributed by atoms with van der Waals surface area (Å²) >= 11 is 0. The van der Waals surface area contributed by atoms with Gasteiger partial charge in [-0.15, -0.1) is 0 Å². The molecule has 0 unspecified atom stereocenters. The van der Waals surface area contributed by atoms with E-state index in [2.05, 4.69) is 0 Å². The van der Waals surface area contributed by atoms with Gasteiger partial charge in [-0.2, -0.15) is 0 Å². The summed E-state index contributed by atoms with van der Waals surface area (Å²) in [5.41, 5.74) is 13.5. The van der Waals surface area contributed by atoms with Crippen molar-refractivity contribution >= 4 is 11.8 Å². The molecule has 0 saturated carbocycles. The number of primary amides is 2. The zero-order valence-corrected chi connectivity index (χ0v) is 11.0. The molecule has 0 radical (unpaired) electrons. The molecule has 1 aliphatic rings. The molecule has 2 amide bonds. The van der Waals surface area contributed by atoms with E-state index in [-0.39, 0.29) is 0 Å². The van der Waals surface area contributed by atoms with Crippen molar-refractivity contribution in [2.75, 3.05) is 0 Å². The fraction of sp³-hybridized carbons (Fsp3) is 0.429. The molecule has 0 atom stereocenters. The molecule has 4 heteroatoms. The second-order valence-electron chi connectivity index (χ2n) is 4.05. The second-order valence-corrected chi connectivity index (χ2v) is 4.05. The molecule has 1 aromatic carbocycles. The third-order valence-electron chi connectivity index (χ3n) is 3.07. The lowest BCUT2D eigenvalue weighted by atomic mass is 9.84. The van der Waals surface area contributed by atoms with Crippen LogP contribution in [0.25, 0.3) is 0 Å². The molecule has 2 rings (SSSR count). The van der Waals surface area contributed by atoms with Gasteiger partial charge in [0, 0.05) is 11.1 Å². The Labute approximate surface area is 107 Å². The van der Waals surface area contributed by atoms with Gasteiger partial charge in [0.2, 0.25) is 11.8 Å². The molecule has 98 valence electrons. The first-order valence-corrected chi connectivity index (χ1v) is 6.35. The van der Waals surface area contributed by atoms with Crippen LogP contribution in [0.2, 0.25) is 0 Å². The second kappa shape index (κ2) is 6.19. The van der Waals surface area contributed by atoms with E-state index in [1.807, 2.05) is 13.8 Å². The van der Waals surface area contributed by atoms with E-state index in [1.54, 1.807) is 12.1 Å². The lowest BCUT2D eigenvalue weighted by Crippen LogP contribution is -2.21. The number of hydrogen-bond donors (Lipinski definition) is 2. The lowest BCUT2D eigenvalue weighted by Gasteiger charge is -2.20. The van der Waals surface area contributed by atoms with Crippen LogP contribution in [0.4, 0.5) is 0 Å². The maximum Gasteiger partial charge on any atom is 0.248 e. The van der Waals surface area contributed by atoms with Crippen LogP contribution in [0, 0.1) is 0 Å². The fourth-order valence-electron chi connectivity index (χ4n) is 2.33. The average molecular weight is 248 g/mol. The number of carbonyl (C=O) groups excluding carboxylic acids is 2. The summed E-state index contributed by atoms with van der Waals surface area (Å²) in [7, 11) is 0. The summed E-state index contributed by atoms with van der Waals surface area (Å²) in [6.45, 7) is 4.00. The van der Waals surface area contributed by atoms with Crippen LogP contribution >= 0.6 is 0 Å². The van der Waals surface area contributed by atoms with Gasteiger partial charge in [-0.1, -0.05) is 13.8 Å². The highest BCUT2D eigenvalue weighted by Crippen LogP contribution is 2.27. The average Bonchev–Trinajstić information content (AvgIpc) is 2.39. The molecule has 18 heavy (non-hydrogen) atoms. The minimum Gasteiger partial charge on any atom is -0.366 e. The summed E-state index contributed by atoms with van der Waals surface area (Å²) < 4.78 is 0. The topological polar surface area (TPSA) is 86.2 Å². The highest BCUT2D eigenvalue weighted by atomic mass is 16.1. The Morgan fingerprint density at radius 2 is 1.22 bits per heavy atom. The zero-order chi connectivity index (χ0) is 13.7. The quantitative estimate of drug-likeness (QED) is 0.836. The van der Waals surface area contributed by atoms with Crippen molar-refractivity contribution in [2.45, 2.75) is 39.5 Å². The van der Waals surface area contributed by atoms with Crippen molar-refractivity contribution in [1.82, 2.24) is 0 Å². The van der Waals surface area contributed by atoms with Crippen LogP contribution in [-0.2, 0) is 12.8 Å². The summed E-state index contributed by atoms with van der Waals surface area (Å²) in [5, 5.41) is 0. The molecule has 1 aliphatic carbocycles. The minimum atomic E-state index is -0.436. The molecule has 0 fully saturated rings. The van der Waals surface area contributed by atoms with Crippen LogP contribution in [0.1, 0.15) is 58.5 Å². The monoisotopic (exact) mass is 248 g/mol. The molecule has 0 aliphatic heterocycles.